The Kier molecular flexibility index (Phi) is 2.45. The van der Waals surface area contributed by atoms with E-state index in [4.69, 9.17) is 4.42 Å². The summed E-state index contributed by atoms with van der Waals surface area (Å²) in [5.41, 5.74) is 0.944. The lowest BCUT2D eigenvalue weighted by molar-refractivity contribution is 0.0690. The average Bonchev–Trinajstić information content (AvgIpc) is 2.95. The molecule has 3 heterocycles. The number of aromatic nitrogens is 2. The molecule has 18 heavy (non-hydrogen) atoms. The molecule has 0 aliphatic carbocycles. The Bertz CT molecular complexity index is 731. The fraction of sp³-hybridized carbons (Fsp3) is 0. The van der Waals surface area contributed by atoms with Gasteiger partial charge in [-0.05, 0) is 40.2 Å². The van der Waals surface area contributed by atoms with Gasteiger partial charge in [0.15, 0.2) is 11.5 Å². The predicted molar refractivity (Wildman–Crippen MR) is 67.6 cm³/mol. The van der Waals surface area contributed by atoms with Crippen molar-refractivity contribution in [1.82, 2.24) is 9.38 Å². The molecule has 3 aromatic rings. The Morgan fingerprint density at radius 3 is 2.83 bits per heavy atom. The maximum Gasteiger partial charge on any atom is 0.355 e. The van der Waals surface area contributed by atoms with Crippen molar-refractivity contribution < 1.29 is 14.3 Å². The number of carboxylic acid groups (broad SMARTS) is 1. The van der Waals surface area contributed by atoms with Gasteiger partial charge >= 0.3 is 5.97 Å². The minimum atomic E-state index is -1.05. The number of rotatable bonds is 2. The van der Waals surface area contributed by atoms with E-state index in [2.05, 4.69) is 20.9 Å². The molecule has 0 saturated carbocycles. The van der Waals surface area contributed by atoms with Crippen LogP contribution < -0.4 is 0 Å². The van der Waals surface area contributed by atoms with Crippen molar-refractivity contribution in [1.29, 1.82) is 0 Å². The van der Waals surface area contributed by atoms with Crippen molar-refractivity contribution >= 4 is 27.5 Å². The van der Waals surface area contributed by atoms with Gasteiger partial charge in [0, 0.05) is 0 Å². The summed E-state index contributed by atoms with van der Waals surface area (Å²) < 4.78 is 7.38. The van der Waals surface area contributed by atoms with Crippen molar-refractivity contribution in [3.05, 3.63) is 46.9 Å². The van der Waals surface area contributed by atoms with Gasteiger partial charge in [-0.15, -0.1) is 0 Å². The zero-order chi connectivity index (χ0) is 12.7. The lowest BCUT2D eigenvalue weighted by Crippen LogP contribution is -2.04. The lowest BCUT2D eigenvalue weighted by Gasteiger charge is -2.00. The number of carboxylic acids is 1. The van der Waals surface area contributed by atoms with E-state index in [1.807, 2.05) is 0 Å². The second-order valence-corrected chi connectivity index (χ2v) is 4.45. The van der Waals surface area contributed by atoms with Gasteiger partial charge in [-0.2, -0.15) is 0 Å². The molecule has 3 aromatic heterocycles. The lowest BCUT2D eigenvalue weighted by atomic mass is 10.2. The first-order valence-corrected chi connectivity index (χ1v) is 5.92. The van der Waals surface area contributed by atoms with Crippen LogP contribution in [0.4, 0.5) is 0 Å². The molecule has 3 rings (SSSR count). The Labute approximate surface area is 110 Å². The van der Waals surface area contributed by atoms with E-state index in [1.165, 1.54) is 10.7 Å². The van der Waals surface area contributed by atoms with Gasteiger partial charge in [0.2, 0.25) is 0 Å². The summed E-state index contributed by atoms with van der Waals surface area (Å²) in [5, 5.41) is 9.35. The third kappa shape index (κ3) is 1.53. The highest BCUT2D eigenvalue weighted by Gasteiger charge is 2.22. The van der Waals surface area contributed by atoms with E-state index < -0.39 is 5.97 Å². The number of hydrogen-bond donors (Lipinski definition) is 1. The number of aromatic carboxylic acids is 1. The standard InChI is InChI=1S/C12H7BrN2O3/c13-8-4-1-5-9-14-10(7-3-2-6-18-7)11(12(16)17)15(8)9/h1-6H,(H,16,17). The SMILES string of the molecule is O=C(O)c1c(-c2ccco2)nc2cccc(Br)n12. The Hall–Kier alpha value is -2.08. The van der Waals surface area contributed by atoms with Gasteiger partial charge in [-0.3, -0.25) is 4.40 Å². The maximum absolute atomic E-state index is 11.4. The van der Waals surface area contributed by atoms with Crippen LogP contribution in [0.2, 0.25) is 0 Å². The summed E-state index contributed by atoms with van der Waals surface area (Å²) >= 11 is 3.32. The molecule has 0 aromatic carbocycles. The van der Waals surface area contributed by atoms with E-state index in [0.29, 0.717) is 21.7 Å². The number of hydrogen-bond acceptors (Lipinski definition) is 3. The van der Waals surface area contributed by atoms with E-state index in [-0.39, 0.29) is 5.69 Å². The first-order chi connectivity index (χ1) is 8.68. The van der Waals surface area contributed by atoms with Gasteiger partial charge in [-0.25, -0.2) is 9.78 Å². The molecule has 0 aliphatic heterocycles. The molecule has 1 N–H and O–H groups in total. The molecule has 0 aliphatic rings. The third-order valence-corrected chi connectivity index (χ3v) is 3.17. The first-order valence-electron chi connectivity index (χ1n) is 5.12. The summed E-state index contributed by atoms with van der Waals surface area (Å²) in [6.07, 6.45) is 1.49. The summed E-state index contributed by atoms with van der Waals surface area (Å²) in [4.78, 5) is 15.7. The van der Waals surface area contributed by atoms with Gasteiger partial charge in [0.25, 0.3) is 0 Å². The Morgan fingerprint density at radius 1 is 1.33 bits per heavy atom. The van der Waals surface area contributed by atoms with Crippen molar-refractivity contribution in [2.24, 2.45) is 0 Å². The number of fused-ring (bicyclic) bond motifs is 1. The molecule has 90 valence electrons. The molecule has 0 amide bonds. The molecule has 5 nitrogen and oxygen atoms in total. The number of imidazole rings is 1. The molecular formula is C12H7BrN2O3. The molecule has 0 spiro atoms. The molecule has 0 atom stereocenters. The van der Waals surface area contributed by atoms with E-state index in [0.717, 1.165) is 0 Å². The molecule has 0 unspecified atom stereocenters. The van der Waals surface area contributed by atoms with Crippen molar-refractivity contribution in [3.8, 4) is 11.5 Å². The predicted octanol–water partition coefficient (Wildman–Crippen LogP) is 3.06. The Morgan fingerprint density at radius 2 is 2.17 bits per heavy atom. The van der Waals surface area contributed by atoms with Gasteiger partial charge in [0.1, 0.15) is 11.3 Å². The quantitative estimate of drug-likeness (QED) is 0.739. The maximum atomic E-state index is 11.4. The monoisotopic (exact) mass is 306 g/mol. The number of furan rings is 1. The zero-order valence-corrected chi connectivity index (χ0v) is 10.6. The second kappa shape index (κ2) is 3.99. The topological polar surface area (TPSA) is 67.7 Å². The highest BCUT2D eigenvalue weighted by Crippen LogP contribution is 2.27. The van der Waals surface area contributed by atoms with Crippen LogP contribution in [0.15, 0.2) is 45.6 Å². The third-order valence-electron chi connectivity index (χ3n) is 2.55. The van der Waals surface area contributed by atoms with E-state index >= 15 is 0 Å². The van der Waals surface area contributed by atoms with Gasteiger partial charge in [-0.1, -0.05) is 6.07 Å². The Balaban J connectivity index is 2.43. The fourth-order valence-electron chi connectivity index (χ4n) is 1.84. The zero-order valence-electron chi connectivity index (χ0n) is 9.00. The van der Waals surface area contributed by atoms with Crippen molar-refractivity contribution in [2.45, 2.75) is 0 Å². The van der Waals surface area contributed by atoms with Crippen LogP contribution in [0.3, 0.4) is 0 Å². The van der Waals surface area contributed by atoms with Crippen LogP contribution in [-0.4, -0.2) is 20.5 Å². The number of pyridine rings is 1. The van der Waals surface area contributed by atoms with Gasteiger partial charge in [0.05, 0.1) is 10.9 Å². The minimum absolute atomic E-state index is 0.0763. The average molecular weight is 307 g/mol. The van der Waals surface area contributed by atoms with Crippen molar-refractivity contribution in [2.75, 3.05) is 0 Å². The highest BCUT2D eigenvalue weighted by atomic mass is 79.9. The normalized spacial score (nSPS) is 10.9. The van der Waals surface area contributed by atoms with E-state index in [1.54, 1.807) is 30.3 Å². The first kappa shape index (κ1) is 11.0. The largest absolute Gasteiger partial charge is 0.476 e. The van der Waals surface area contributed by atoms with Gasteiger partial charge < -0.3 is 9.52 Å². The summed E-state index contributed by atoms with van der Waals surface area (Å²) in [7, 11) is 0. The summed E-state index contributed by atoms with van der Waals surface area (Å²) in [6.45, 7) is 0. The van der Waals surface area contributed by atoms with Crippen molar-refractivity contribution in [3.63, 3.8) is 0 Å². The number of carbonyl (C=O) groups is 1. The van der Waals surface area contributed by atoms with Crippen LogP contribution in [0.25, 0.3) is 17.1 Å². The fourth-order valence-corrected chi connectivity index (χ4v) is 2.35. The van der Waals surface area contributed by atoms with Crippen LogP contribution >= 0.6 is 15.9 Å². The molecule has 0 saturated heterocycles. The second-order valence-electron chi connectivity index (χ2n) is 3.63. The summed E-state index contributed by atoms with van der Waals surface area (Å²) in [5.74, 6) is -0.621. The summed E-state index contributed by atoms with van der Waals surface area (Å²) in [6, 6.07) is 8.67. The van der Waals surface area contributed by atoms with Crippen LogP contribution in [-0.2, 0) is 0 Å². The highest BCUT2D eigenvalue weighted by molar-refractivity contribution is 9.10. The molecule has 6 heteroatoms. The number of halogens is 1. The molecule has 0 bridgehead atoms. The van der Waals surface area contributed by atoms with Crippen LogP contribution in [0.1, 0.15) is 10.5 Å². The van der Waals surface area contributed by atoms with Crippen LogP contribution in [0, 0.1) is 0 Å². The smallest absolute Gasteiger partial charge is 0.355 e. The van der Waals surface area contributed by atoms with Crippen LogP contribution in [0.5, 0.6) is 0 Å². The minimum Gasteiger partial charge on any atom is -0.476 e. The number of nitrogens with zero attached hydrogens (tertiary/aromatic N) is 2. The molecule has 0 radical (unpaired) electrons. The van der Waals surface area contributed by atoms with E-state index in [9.17, 15) is 9.90 Å². The molecule has 0 fully saturated rings. The molecular weight excluding hydrogens is 300 g/mol.